The third kappa shape index (κ3) is 2.12. The summed E-state index contributed by atoms with van der Waals surface area (Å²) in [6.07, 6.45) is 5.77. The number of allylic oxidation sites excluding steroid dienone is 1. The molecule has 1 aromatic rings. The van der Waals surface area contributed by atoms with Crippen LogP contribution in [0.2, 0.25) is 0 Å². The lowest BCUT2D eigenvalue weighted by Crippen LogP contribution is -2.18. The molecule has 1 aliphatic rings. The molecule has 0 saturated carbocycles. The van der Waals surface area contributed by atoms with Crippen molar-refractivity contribution in [2.45, 2.75) is 25.9 Å². The number of nitrogens with zero attached hydrogens (tertiary/aromatic N) is 1. The highest BCUT2D eigenvalue weighted by Gasteiger charge is 2.23. The number of carbonyl (C=O) groups excluding carboxylic acids is 1. The predicted octanol–water partition coefficient (Wildman–Crippen LogP) is 2.29. The largest absolute Gasteiger partial charge is 0.453 e. The highest BCUT2D eigenvalue weighted by atomic mass is 16.5. The van der Waals surface area contributed by atoms with Gasteiger partial charge in [0.15, 0.2) is 0 Å². The van der Waals surface area contributed by atoms with Crippen LogP contribution in [0.3, 0.4) is 0 Å². The quantitative estimate of drug-likeness (QED) is 0.558. The van der Waals surface area contributed by atoms with Crippen molar-refractivity contribution in [3.63, 3.8) is 0 Å². The van der Waals surface area contributed by atoms with Gasteiger partial charge in [0.05, 0.1) is 0 Å². The minimum atomic E-state index is -0.234. The summed E-state index contributed by atoms with van der Waals surface area (Å²) in [5.41, 5.74) is 1.86. The molecule has 1 aromatic heterocycles. The first-order valence-electron chi connectivity index (χ1n) is 5.23. The van der Waals surface area contributed by atoms with E-state index in [2.05, 4.69) is 6.08 Å². The van der Waals surface area contributed by atoms with Gasteiger partial charge in [0.2, 0.25) is 0 Å². The SMILES string of the molecule is CCC(OC(=O)c1cccn1C)C1=CC1. The van der Waals surface area contributed by atoms with Crippen LogP contribution in [0.5, 0.6) is 0 Å². The van der Waals surface area contributed by atoms with E-state index in [1.165, 1.54) is 5.57 Å². The zero-order valence-electron chi connectivity index (χ0n) is 9.06. The first-order valence-corrected chi connectivity index (χ1v) is 5.23. The molecule has 15 heavy (non-hydrogen) atoms. The van der Waals surface area contributed by atoms with E-state index in [0.717, 1.165) is 12.8 Å². The third-order valence-corrected chi connectivity index (χ3v) is 2.63. The Morgan fingerprint density at radius 2 is 2.40 bits per heavy atom. The topological polar surface area (TPSA) is 31.2 Å². The molecule has 1 atom stereocenters. The maximum atomic E-state index is 11.8. The van der Waals surface area contributed by atoms with Crippen LogP contribution in [0.25, 0.3) is 0 Å². The fourth-order valence-corrected chi connectivity index (χ4v) is 1.61. The lowest BCUT2D eigenvalue weighted by molar-refractivity contribution is 0.0363. The van der Waals surface area contributed by atoms with Gasteiger partial charge in [0.1, 0.15) is 11.8 Å². The van der Waals surface area contributed by atoms with Gasteiger partial charge >= 0.3 is 5.97 Å². The number of hydrogen-bond acceptors (Lipinski definition) is 2. The summed E-state index contributed by atoms with van der Waals surface area (Å²) in [5, 5.41) is 0. The average Bonchev–Trinajstić information content (AvgIpc) is 2.97. The number of esters is 1. The van der Waals surface area contributed by atoms with Crippen molar-refractivity contribution in [3.8, 4) is 0 Å². The van der Waals surface area contributed by atoms with Gasteiger partial charge in [-0.25, -0.2) is 4.79 Å². The number of rotatable bonds is 4. The summed E-state index contributed by atoms with van der Waals surface area (Å²) in [6.45, 7) is 2.03. The minimum Gasteiger partial charge on any atom is -0.453 e. The molecule has 2 rings (SSSR count). The summed E-state index contributed by atoms with van der Waals surface area (Å²) in [5.74, 6) is -0.234. The molecule has 0 aliphatic heterocycles. The van der Waals surface area contributed by atoms with Crippen molar-refractivity contribution in [1.82, 2.24) is 4.57 Å². The molecular formula is C12H15NO2. The Labute approximate surface area is 89.3 Å². The monoisotopic (exact) mass is 205 g/mol. The summed E-state index contributed by atoms with van der Waals surface area (Å²) >= 11 is 0. The van der Waals surface area contributed by atoms with Gasteiger partial charge in [-0.2, -0.15) is 0 Å². The van der Waals surface area contributed by atoms with E-state index < -0.39 is 0 Å². The predicted molar refractivity (Wildman–Crippen MR) is 57.6 cm³/mol. The molecule has 0 bridgehead atoms. The van der Waals surface area contributed by atoms with Crippen molar-refractivity contribution >= 4 is 5.97 Å². The fourth-order valence-electron chi connectivity index (χ4n) is 1.61. The first-order chi connectivity index (χ1) is 7.22. The summed E-state index contributed by atoms with van der Waals surface area (Å²) < 4.78 is 7.19. The molecule has 3 nitrogen and oxygen atoms in total. The van der Waals surface area contributed by atoms with E-state index in [9.17, 15) is 4.79 Å². The normalized spacial score (nSPS) is 15.7. The van der Waals surface area contributed by atoms with Crippen molar-refractivity contribution in [3.05, 3.63) is 35.7 Å². The second kappa shape index (κ2) is 3.93. The van der Waals surface area contributed by atoms with Gasteiger partial charge in [0.25, 0.3) is 0 Å². The number of carbonyl (C=O) groups is 1. The highest BCUT2D eigenvalue weighted by Crippen LogP contribution is 2.27. The zero-order chi connectivity index (χ0) is 10.8. The third-order valence-electron chi connectivity index (χ3n) is 2.63. The Bertz CT molecular complexity index is 404. The molecular weight excluding hydrogens is 190 g/mol. The van der Waals surface area contributed by atoms with E-state index in [0.29, 0.717) is 5.69 Å². The number of aromatic nitrogens is 1. The van der Waals surface area contributed by atoms with Gasteiger partial charge in [-0.15, -0.1) is 0 Å². The van der Waals surface area contributed by atoms with Crippen LogP contribution in [-0.2, 0) is 11.8 Å². The zero-order valence-corrected chi connectivity index (χ0v) is 9.06. The fraction of sp³-hybridized carbons (Fsp3) is 0.417. The van der Waals surface area contributed by atoms with Gasteiger partial charge in [0, 0.05) is 13.2 Å². The number of ether oxygens (including phenoxy) is 1. The molecule has 0 N–H and O–H groups in total. The van der Waals surface area contributed by atoms with Gasteiger partial charge < -0.3 is 9.30 Å². The molecule has 0 saturated heterocycles. The second-order valence-corrected chi connectivity index (χ2v) is 3.79. The molecule has 0 radical (unpaired) electrons. The number of hydrogen-bond donors (Lipinski definition) is 0. The maximum Gasteiger partial charge on any atom is 0.355 e. The Hall–Kier alpha value is -1.51. The molecule has 1 unspecified atom stereocenters. The molecule has 1 aliphatic carbocycles. The van der Waals surface area contributed by atoms with Gasteiger partial charge in [-0.05, 0) is 30.5 Å². The van der Waals surface area contributed by atoms with E-state index in [1.807, 2.05) is 26.2 Å². The van der Waals surface area contributed by atoms with Crippen LogP contribution >= 0.6 is 0 Å². The average molecular weight is 205 g/mol. The molecule has 0 amide bonds. The van der Waals surface area contributed by atoms with Crippen LogP contribution in [0.15, 0.2) is 30.0 Å². The van der Waals surface area contributed by atoms with Crippen molar-refractivity contribution in [2.24, 2.45) is 7.05 Å². The highest BCUT2D eigenvalue weighted by molar-refractivity contribution is 5.88. The molecule has 1 heterocycles. The Morgan fingerprint density at radius 3 is 2.87 bits per heavy atom. The van der Waals surface area contributed by atoms with Gasteiger partial charge in [-0.3, -0.25) is 0 Å². The molecule has 0 aromatic carbocycles. The van der Waals surface area contributed by atoms with Crippen molar-refractivity contribution < 1.29 is 9.53 Å². The van der Waals surface area contributed by atoms with Crippen LogP contribution < -0.4 is 0 Å². The first kappa shape index (κ1) is 10.0. The Morgan fingerprint density at radius 1 is 1.67 bits per heavy atom. The summed E-state index contributed by atoms with van der Waals surface area (Å²) in [4.78, 5) is 11.8. The molecule has 80 valence electrons. The van der Waals surface area contributed by atoms with Crippen LogP contribution in [0.1, 0.15) is 30.3 Å². The molecule has 0 fully saturated rings. The van der Waals surface area contributed by atoms with Crippen LogP contribution in [0.4, 0.5) is 0 Å². The summed E-state index contributed by atoms with van der Waals surface area (Å²) in [6, 6.07) is 3.62. The van der Waals surface area contributed by atoms with Crippen molar-refractivity contribution in [1.29, 1.82) is 0 Å². The van der Waals surface area contributed by atoms with E-state index in [4.69, 9.17) is 4.74 Å². The lowest BCUT2D eigenvalue weighted by atomic mass is 10.2. The van der Waals surface area contributed by atoms with Crippen LogP contribution in [0, 0.1) is 0 Å². The van der Waals surface area contributed by atoms with E-state index in [-0.39, 0.29) is 12.1 Å². The lowest BCUT2D eigenvalue weighted by Gasteiger charge is -2.13. The minimum absolute atomic E-state index is 0.0209. The standard InChI is InChI=1S/C12H15NO2/c1-3-11(9-6-7-9)15-12(14)10-5-4-8-13(10)2/h4-6,8,11H,3,7H2,1-2H3. The van der Waals surface area contributed by atoms with Crippen LogP contribution in [-0.4, -0.2) is 16.6 Å². The van der Waals surface area contributed by atoms with Gasteiger partial charge in [-0.1, -0.05) is 13.0 Å². The molecule has 0 spiro atoms. The second-order valence-electron chi connectivity index (χ2n) is 3.79. The van der Waals surface area contributed by atoms with Crippen molar-refractivity contribution in [2.75, 3.05) is 0 Å². The van der Waals surface area contributed by atoms with E-state index >= 15 is 0 Å². The van der Waals surface area contributed by atoms with E-state index in [1.54, 1.807) is 10.6 Å². The Kier molecular flexibility index (Phi) is 2.62. The summed E-state index contributed by atoms with van der Waals surface area (Å²) in [7, 11) is 1.84. The maximum absolute atomic E-state index is 11.8. The smallest absolute Gasteiger partial charge is 0.355 e. The number of aryl methyl sites for hydroxylation is 1. The molecule has 3 heteroatoms. The Balaban J connectivity index is 2.03.